The van der Waals surface area contributed by atoms with Crippen LogP contribution in [0.2, 0.25) is 0 Å². The van der Waals surface area contributed by atoms with Crippen LogP contribution in [0, 0.1) is 5.82 Å². The molecule has 0 atom stereocenters. The third kappa shape index (κ3) is 4.27. The number of anilines is 1. The van der Waals surface area contributed by atoms with Crippen LogP contribution in [-0.2, 0) is 11.3 Å². The van der Waals surface area contributed by atoms with Crippen molar-refractivity contribution in [2.75, 3.05) is 51.3 Å². The Morgan fingerprint density at radius 1 is 1.10 bits per heavy atom. The molecule has 5 rings (SSSR count). The summed E-state index contributed by atoms with van der Waals surface area (Å²) in [7, 11) is 1.73. The molecule has 3 aliphatic rings. The third-order valence-corrected chi connectivity index (χ3v) is 6.33. The molecule has 0 unspecified atom stereocenters. The molecule has 8 heteroatoms. The fourth-order valence-electron chi connectivity index (χ4n) is 4.11. The summed E-state index contributed by atoms with van der Waals surface area (Å²) in [6.07, 6.45) is 3.51. The van der Waals surface area contributed by atoms with Crippen LogP contribution < -0.4 is 9.64 Å². The van der Waals surface area contributed by atoms with E-state index in [1.165, 1.54) is 0 Å². The fraction of sp³-hybridized carbons (Fsp3) is 0.522. The Labute approximate surface area is 181 Å². The maximum atomic E-state index is 14.5. The molecule has 1 aromatic carbocycles. The lowest BCUT2D eigenvalue weighted by atomic mass is 10.0. The number of nitrogens with zero attached hydrogens (tertiary/aromatic N) is 5. The molecular weight excluding hydrogens is 397 g/mol. The van der Waals surface area contributed by atoms with E-state index >= 15 is 0 Å². The normalized spacial score (nSPS) is 19.8. The minimum atomic E-state index is -0.321. The van der Waals surface area contributed by atoms with Crippen molar-refractivity contribution in [1.29, 1.82) is 0 Å². The van der Waals surface area contributed by atoms with E-state index in [4.69, 9.17) is 9.47 Å². The minimum Gasteiger partial charge on any atom is -0.484 e. The predicted octanol–water partition coefficient (Wildman–Crippen LogP) is 2.67. The second kappa shape index (κ2) is 8.16. The largest absolute Gasteiger partial charge is 0.484 e. The number of aromatic nitrogens is 2. The first kappa shape index (κ1) is 20.3. The standard InChI is InChI=1S/C23H28FN5O2/c1-23(3-4-23)31-20-12-17-16(11-18(20)24)14-25-22(17)19-13-21(27-15-26-19)29-7-5-28(6-8-29)9-10-30-2/h11-13,15H,3-10,14H2,1-2H3. The van der Waals surface area contributed by atoms with Crippen molar-refractivity contribution in [3.8, 4) is 5.75 Å². The first-order chi connectivity index (χ1) is 15.0. The number of aliphatic imine (C=N–C) groups is 1. The highest BCUT2D eigenvalue weighted by atomic mass is 19.1. The second-order valence-corrected chi connectivity index (χ2v) is 8.74. The number of rotatable bonds is 7. The highest BCUT2D eigenvalue weighted by Crippen LogP contribution is 2.41. The van der Waals surface area contributed by atoms with Gasteiger partial charge in [-0.15, -0.1) is 0 Å². The summed E-state index contributed by atoms with van der Waals surface area (Å²) in [5.41, 5.74) is 3.07. The van der Waals surface area contributed by atoms with E-state index in [0.29, 0.717) is 12.3 Å². The number of piperazine rings is 1. The smallest absolute Gasteiger partial charge is 0.165 e. The maximum Gasteiger partial charge on any atom is 0.165 e. The summed E-state index contributed by atoms with van der Waals surface area (Å²) in [6.45, 7) is 7.94. The van der Waals surface area contributed by atoms with E-state index in [1.54, 1.807) is 25.6 Å². The summed E-state index contributed by atoms with van der Waals surface area (Å²) in [6, 6.07) is 5.33. The van der Waals surface area contributed by atoms with Gasteiger partial charge in [-0.05, 0) is 37.5 Å². The summed E-state index contributed by atoms with van der Waals surface area (Å²) in [4.78, 5) is 18.3. The summed E-state index contributed by atoms with van der Waals surface area (Å²) in [5, 5.41) is 0. The van der Waals surface area contributed by atoms with Crippen molar-refractivity contribution in [2.45, 2.75) is 31.9 Å². The van der Waals surface area contributed by atoms with Gasteiger partial charge in [-0.3, -0.25) is 9.89 Å². The first-order valence-electron chi connectivity index (χ1n) is 10.9. The zero-order chi connectivity index (χ0) is 21.4. The molecule has 1 aliphatic carbocycles. The Hall–Kier alpha value is -2.58. The molecule has 1 saturated heterocycles. The van der Waals surface area contributed by atoms with Gasteiger partial charge in [0.05, 0.1) is 24.6 Å². The lowest BCUT2D eigenvalue weighted by molar-refractivity contribution is 0.144. The number of hydrogen-bond donors (Lipinski definition) is 0. The van der Waals surface area contributed by atoms with Crippen LogP contribution in [0.5, 0.6) is 5.75 Å². The van der Waals surface area contributed by atoms with Gasteiger partial charge in [0.2, 0.25) is 0 Å². The summed E-state index contributed by atoms with van der Waals surface area (Å²) < 4.78 is 25.6. The van der Waals surface area contributed by atoms with Crippen LogP contribution in [0.4, 0.5) is 10.2 Å². The average Bonchev–Trinajstić information content (AvgIpc) is 3.37. The minimum absolute atomic E-state index is 0.238. The van der Waals surface area contributed by atoms with Gasteiger partial charge < -0.3 is 14.4 Å². The van der Waals surface area contributed by atoms with Crippen LogP contribution in [0.15, 0.2) is 29.5 Å². The molecule has 2 fully saturated rings. The molecule has 2 aliphatic heterocycles. The number of benzene rings is 1. The van der Waals surface area contributed by atoms with Gasteiger partial charge in [0.1, 0.15) is 17.7 Å². The van der Waals surface area contributed by atoms with Crippen LogP contribution in [0.25, 0.3) is 0 Å². The van der Waals surface area contributed by atoms with Gasteiger partial charge in [0.15, 0.2) is 11.6 Å². The molecule has 1 aromatic heterocycles. The van der Waals surface area contributed by atoms with E-state index in [0.717, 1.165) is 80.5 Å². The Morgan fingerprint density at radius 2 is 1.90 bits per heavy atom. The number of halogens is 1. The topological polar surface area (TPSA) is 63.1 Å². The molecule has 0 radical (unpaired) electrons. The Bertz CT molecular complexity index is 999. The van der Waals surface area contributed by atoms with Crippen molar-refractivity contribution in [1.82, 2.24) is 14.9 Å². The molecule has 3 heterocycles. The third-order valence-electron chi connectivity index (χ3n) is 6.33. The Kier molecular flexibility index (Phi) is 5.35. The van der Waals surface area contributed by atoms with Gasteiger partial charge in [-0.2, -0.15) is 0 Å². The molecule has 7 nitrogen and oxygen atoms in total. The van der Waals surface area contributed by atoms with Crippen molar-refractivity contribution in [2.24, 2.45) is 4.99 Å². The van der Waals surface area contributed by atoms with E-state index in [-0.39, 0.29) is 11.4 Å². The van der Waals surface area contributed by atoms with Crippen LogP contribution in [0.3, 0.4) is 0 Å². The van der Waals surface area contributed by atoms with Gasteiger partial charge in [-0.1, -0.05) is 0 Å². The van der Waals surface area contributed by atoms with E-state index in [1.807, 2.05) is 13.0 Å². The van der Waals surface area contributed by atoms with Crippen molar-refractivity contribution >= 4 is 11.5 Å². The van der Waals surface area contributed by atoms with Gasteiger partial charge in [0.25, 0.3) is 0 Å². The molecule has 0 amide bonds. The highest BCUT2D eigenvalue weighted by Gasteiger charge is 2.41. The SMILES string of the molecule is COCCN1CCN(c2cc(C3=NCc4cc(F)c(OC5(C)CC5)cc43)ncn2)CC1. The zero-order valence-electron chi connectivity index (χ0n) is 18.1. The molecule has 0 N–H and O–H groups in total. The number of ether oxygens (including phenoxy) is 2. The maximum absolute atomic E-state index is 14.5. The van der Waals surface area contributed by atoms with Gasteiger partial charge in [0, 0.05) is 51.5 Å². The molecule has 1 saturated carbocycles. The van der Waals surface area contributed by atoms with E-state index < -0.39 is 0 Å². The van der Waals surface area contributed by atoms with Crippen molar-refractivity contribution in [3.05, 3.63) is 47.2 Å². The van der Waals surface area contributed by atoms with E-state index in [2.05, 4.69) is 24.8 Å². The van der Waals surface area contributed by atoms with Crippen molar-refractivity contribution in [3.63, 3.8) is 0 Å². The predicted molar refractivity (Wildman–Crippen MR) is 117 cm³/mol. The van der Waals surface area contributed by atoms with Gasteiger partial charge in [-0.25, -0.2) is 14.4 Å². The van der Waals surface area contributed by atoms with Crippen LogP contribution in [-0.4, -0.2) is 72.6 Å². The zero-order valence-corrected chi connectivity index (χ0v) is 18.1. The first-order valence-corrected chi connectivity index (χ1v) is 10.9. The molecule has 0 bridgehead atoms. The van der Waals surface area contributed by atoms with Gasteiger partial charge >= 0.3 is 0 Å². The monoisotopic (exact) mass is 425 g/mol. The number of fused-ring (bicyclic) bond motifs is 1. The average molecular weight is 426 g/mol. The Morgan fingerprint density at radius 3 is 2.65 bits per heavy atom. The molecular formula is C23H28FN5O2. The number of hydrogen-bond acceptors (Lipinski definition) is 7. The van der Waals surface area contributed by atoms with Crippen LogP contribution >= 0.6 is 0 Å². The lowest BCUT2D eigenvalue weighted by Crippen LogP contribution is -2.47. The van der Waals surface area contributed by atoms with E-state index in [9.17, 15) is 4.39 Å². The Balaban J connectivity index is 1.34. The van der Waals surface area contributed by atoms with Crippen LogP contribution in [0.1, 0.15) is 36.6 Å². The summed E-state index contributed by atoms with van der Waals surface area (Å²) >= 11 is 0. The quantitative estimate of drug-likeness (QED) is 0.680. The molecule has 2 aromatic rings. The number of methoxy groups -OCH3 is 1. The lowest BCUT2D eigenvalue weighted by Gasteiger charge is -2.35. The molecule has 31 heavy (non-hydrogen) atoms. The highest BCUT2D eigenvalue weighted by molar-refractivity contribution is 6.14. The summed E-state index contributed by atoms with van der Waals surface area (Å²) in [5.74, 6) is 0.879. The van der Waals surface area contributed by atoms with Crippen molar-refractivity contribution < 1.29 is 13.9 Å². The second-order valence-electron chi connectivity index (χ2n) is 8.74. The molecule has 164 valence electrons. The fourth-order valence-corrected chi connectivity index (χ4v) is 4.11. The molecule has 0 spiro atoms.